The van der Waals surface area contributed by atoms with Crippen LogP contribution in [0, 0.1) is 6.92 Å². The Labute approximate surface area is 140 Å². The molecule has 0 atom stereocenters. The van der Waals surface area contributed by atoms with Gasteiger partial charge in [-0.3, -0.25) is 9.48 Å². The maximum atomic E-state index is 12.5. The largest absolute Gasteiger partial charge is 0.349 e. The first-order valence-electron chi connectivity index (χ1n) is 8.37. The summed E-state index contributed by atoms with van der Waals surface area (Å²) >= 11 is 0. The van der Waals surface area contributed by atoms with Gasteiger partial charge in [-0.15, -0.1) is 0 Å². The number of fused-ring (bicyclic) bond motifs is 1. The van der Waals surface area contributed by atoms with Crippen LogP contribution in [-0.4, -0.2) is 31.8 Å². The van der Waals surface area contributed by atoms with E-state index in [0.717, 1.165) is 29.0 Å². The Morgan fingerprint density at radius 2 is 2.12 bits per heavy atom. The molecular weight excluding hydrogens is 302 g/mol. The van der Waals surface area contributed by atoms with Gasteiger partial charge in [0.25, 0.3) is 5.91 Å². The van der Waals surface area contributed by atoms with Crippen LogP contribution in [0.1, 0.15) is 40.8 Å². The molecule has 0 bridgehead atoms. The lowest BCUT2D eigenvalue weighted by Crippen LogP contribution is -2.28. The third-order valence-electron chi connectivity index (χ3n) is 4.62. The fraction of sp³-hybridized carbons (Fsp3) is 0.389. The van der Waals surface area contributed by atoms with E-state index in [4.69, 9.17) is 0 Å². The van der Waals surface area contributed by atoms with E-state index >= 15 is 0 Å². The molecule has 24 heavy (non-hydrogen) atoms. The van der Waals surface area contributed by atoms with Crippen molar-refractivity contribution in [2.45, 2.75) is 32.2 Å². The highest BCUT2D eigenvalue weighted by Crippen LogP contribution is 2.39. The zero-order chi connectivity index (χ0) is 16.7. The average Bonchev–Trinajstić information content (AvgIpc) is 3.29. The van der Waals surface area contributed by atoms with Crippen molar-refractivity contribution in [3.05, 3.63) is 47.7 Å². The first-order valence-corrected chi connectivity index (χ1v) is 8.37. The molecule has 6 heteroatoms. The molecule has 1 aromatic carbocycles. The molecule has 4 rings (SSSR count). The summed E-state index contributed by atoms with van der Waals surface area (Å²) in [5.74, 6) is 1.64. The molecule has 1 saturated carbocycles. The van der Waals surface area contributed by atoms with Gasteiger partial charge in [-0.05, 0) is 25.8 Å². The van der Waals surface area contributed by atoms with Crippen molar-refractivity contribution in [1.29, 1.82) is 0 Å². The van der Waals surface area contributed by atoms with Gasteiger partial charge in [-0.2, -0.15) is 5.10 Å². The minimum atomic E-state index is -0.127. The van der Waals surface area contributed by atoms with Crippen LogP contribution >= 0.6 is 0 Å². The van der Waals surface area contributed by atoms with E-state index in [-0.39, 0.29) is 5.91 Å². The van der Waals surface area contributed by atoms with Gasteiger partial charge in [0.1, 0.15) is 5.82 Å². The number of hydrogen-bond acceptors (Lipinski definition) is 3. The molecule has 3 aromatic rings. The molecule has 0 aliphatic heterocycles. The molecule has 1 amide bonds. The van der Waals surface area contributed by atoms with Crippen LogP contribution in [-0.2, 0) is 13.6 Å². The number of aromatic nitrogens is 4. The van der Waals surface area contributed by atoms with Crippen molar-refractivity contribution >= 4 is 16.8 Å². The van der Waals surface area contributed by atoms with Crippen molar-refractivity contribution < 1.29 is 4.79 Å². The Morgan fingerprint density at radius 1 is 1.33 bits per heavy atom. The van der Waals surface area contributed by atoms with E-state index in [2.05, 4.69) is 26.9 Å². The zero-order valence-corrected chi connectivity index (χ0v) is 14.0. The lowest BCUT2D eigenvalue weighted by molar-refractivity contribution is 0.0948. The van der Waals surface area contributed by atoms with Gasteiger partial charge in [0.15, 0.2) is 5.69 Å². The molecule has 1 N–H and O–H groups in total. The summed E-state index contributed by atoms with van der Waals surface area (Å²) in [6.45, 7) is 3.38. The van der Waals surface area contributed by atoms with Crippen molar-refractivity contribution in [2.24, 2.45) is 7.05 Å². The van der Waals surface area contributed by atoms with Crippen molar-refractivity contribution in [2.75, 3.05) is 6.54 Å². The van der Waals surface area contributed by atoms with E-state index in [1.165, 1.54) is 12.8 Å². The summed E-state index contributed by atoms with van der Waals surface area (Å²) in [7, 11) is 1.86. The number of amides is 1. The van der Waals surface area contributed by atoms with Gasteiger partial charge < -0.3 is 9.88 Å². The number of carbonyl (C=O) groups excluding carboxylic acids is 1. The molecular formula is C18H21N5O. The summed E-state index contributed by atoms with van der Waals surface area (Å²) < 4.78 is 3.96. The molecule has 0 spiro atoms. The first-order chi connectivity index (χ1) is 11.6. The Balaban J connectivity index is 1.46. The van der Waals surface area contributed by atoms with Gasteiger partial charge in [-0.1, -0.05) is 18.2 Å². The van der Waals surface area contributed by atoms with Crippen LogP contribution in [0.5, 0.6) is 0 Å². The minimum Gasteiger partial charge on any atom is -0.349 e. The lowest BCUT2D eigenvalue weighted by Gasteiger charge is -2.10. The summed E-state index contributed by atoms with van der Waals surface area (Å²) in [4.78, 5) is 17.0. The number of nitrogens with one attached hydrogen (secondary N) is 1. The normalized spacial score (nSPS) is 14.2. The molecule has 1 aliphatic carbocycles. The number of hydrogen-bond donors (Lipinski definition) is 1. The zero-order valence-electron chi connectivity index (χ0n) is 14.0. The van der Waals surface area contributed by atoms with Gasteiger partial charge in [0.05, 0.1) is 5.52 Å². The Hall–Kier alpha value is -2.63. The maximum absolute atomic E-state index is 12.5. The van der Waals surface area contributed by atoms with Crippen LogP contribution in [0.3, 0.4) is 0 Å². The smallest absolute Gasteiger partial charge is 0.272 e. The summed E-state index contributed by atoms with van der Waals surface area (Å²) in [6.07, 6.45) is 4.37. The number of aryl methyl sites for hydroxylation is 2. The molecule has 0 saturated heterocycles. The van der Waals surface area contributed by atoms with Crippen LogP contribution in [0.15, 0.2) is 30.5 Å². The molecule has 124 valence electrons. The second-order valence-corrected chi connectivity index (χ2v) is 6.43. The van der Waals surface area contributed by atoms with Crippen LogP contribution in [0.25, 0.3) is 10.9 Å². The van der Waals surface area contributed by atoms with Gasteiger partial charge in [0, 0.05) is 43.3 Å². The average molecular weight is 323 g/mol. The fourth-order valence-electron chi connectivity index (χ4n) is 3.18. The van der Waals surface area contributed by atoms with E-state index in [1.807, 2.05) is 37.5 Å². The quantitative estimate of drug-likeness (QED) is 0.784. The van der Waals surface area contributed by atoms with Gasteiger partial charge in [-0.25, -0.2) is 4.98 Å². The number of nitrogens with zero attached hydrogens (tertiary/aromatic N) is 4. The van der Waals surface area contributed by atoms with E-state index in [0.29, 0.717) is 18.2 Å². The monoisotopic (exact) mass is 323 g/mol. The molecule has 0 radical (unpaired) electrons. The molecule has 6 nitrogen and oxygen atoms in total. The SMILES string of the molecule is Cc1cnc(C2CC2)n1CCNC(=O)c1nn(C)c2ccccc12. The van der Waals surface area contributed by atoms with Crippen molar-refractivity contribution in [3.63, 3.8) is 0 Å². The van der Waals surface area contributed by atoms with Crippen LogP contribution < -0.4 is 5.32 Å². The number of carbonyl (C=O) groups is 1. The highest BCUT2D eigenvalue weighted by Gasteiger charge is 2.28. The summed E-state index contributed by atoms with van der Waals surface area (Å²) in [5, 5.41) is 8.24. The Bertz CT molecular complexity index is 903. The third kappa shape index (κ3) is 2.58. The van der Waals surface area contributed by atoms with Crippen molar-refractivity contribution in [3.8, 4) is 0 Å². The Morgan fingerprint density at radius 3 is 2.92 bits per heavy atom. The van der Waals surface area contributed by atoms with E-state index < -0.39 is 0 Å². The highest BCUT2D eigenvalue weighted by atomic mass is 16.1. The second kappa shape index (κ2) is 5.78. The standard InChI is InChI=1S/C18H21N5O/c1-12-11-20-17(13-7-8-13)23(12)10-9-19-18(24)16-14-5-3-4-6-15(14)22(2)21-16/h3-6,11,13H,7-10H2,1-2H3,(H,19,24). The highest BCUT2D eigenvalue weighted by molar-refractivity contribution is 6.04. The summed E-state index contributed by atoms with van der Waals surface area (Å²) in [5.41, 5.74) is 2.59. The molecule has 1 fully saturated rings. The van der Waals surface area contributed by atoms with Crippen LogP contribution in [0.4, 0.5) is 0 Å². The van der Waals surface area contributed by atoms with Crippen LogP contribution in [0.2, 0.25) is 0 Å². The van der Waals surface area contributed by atoms with E-state index in [9.17, 15) is 4.79 Å². The molecule has 1 aliphatic rings. The predicted octanol–water partition coefficient (Wildman–Crippen LogP) is 2.39. The molecule has 0 unspecified atom stereocenters. The molecule has 2 aromatic heterocycles. The fourth-order valence-corrected chi connectivity index (χ4v) is 3.18. The van der Waals surface area contributed by atoms with Gasteiger partial charge >= 0.3 is 0 Å². The maximum Gasteiger partial charge on any atom is 0.272 e. The minimum absolute atomic E-state index is 0.127. The Kier molecular flexibility index (Phi) is 3.59. The number of rotatable bonds is 5. The second-order valence-electron chi connectivity index (χ2n) is 6.43. The van der Waals surface area contributed by atoms with Crippen molar-refractivity contribution in [1.82, 2.24) is 24.6 Å². The molecule has 2 heterocycles. The van der Waals surface area contributed by atoms with E-state index in [1.54, 1.807) is 4.68 Å². The number of benzene rings is 1. The van der Waals surface area contributed by atoms with Gasteiger partial charge in [0.2, 0.25) is 0 Å². The number of para-hydroxylation sites is 1. The topological polar surface area (TPSA) is 64.7 Å². The first kappa shape index (κ1) is 14.9. The third-order valence-corrected chi connectivity index (χ3v) is 4.62. The lowest BCUT2D eigenvalue weighted by atomic mass is 10.2. The summed E-state index contributed by atoms with van der Waals surface area (Å²) in [6, 6.07) is 7.78. The predicted molar refractivity (Wildman–Crippen MR) is 92.0 cm³/mol. The number of imidazole rings is 1.